The minimum absolute atomic E-state index is 0.0350. The van der Waals surface area contributed by atoms with Crippen molar-refractivity contribution in [2.45, 2.75) is 95.8 Å². The highest BCUT2D eigenvalue weighted by molar-refractivity contribution is 5.91. The second-order valence-electron chi connectivity index (χ2n) is 10.8. The lowest BCUT2D eigenvalue weighted by molar-refractivity contribution is -0.236. The van der Waals surface area contributed by atoms with E-state index in [1.807, 2.05) is 19.9 Å². The molecule has 1 heterocycles. The van der Waals surface area contributed by atoms with Crippen LogP contribution in [0.1, 0.15) is 46.6 Å². The van der Waals surface area contributed by atoms with Crippen LogP contribution in [0.2, 0.25) is 0 Å². The number of carbonyl (C=O) groups excluding carboxylic acids is 3. The smallest absolute Gasteiger partial charge is 0.408 e. The third-order valence-corrected chi connectivity index (χ3v) is 5.81. The zero-order valence-corrected chi connectivity index (χ0v) is 22.5. The average Bonchev–Trinajstić information content (AvgIpc) is 2.82. The first-order chi connectivity index (χ1) is 17.7. The molecule has 0 aliphatic carbocycles. The van der Waals surface area contributed by atoms with Crippen LogP contribution in [0, 0.1) is 5.92 Å². The van der Waals surface area contributed by atoms with Crippen LogP contribution in [0.3, 0.4) is 0 Å². The maximum Gasteiger partial charge on any atom is 0.408 e. The van der Waals surface area contributed by atoms with Gasteiger partial charge in [0.05, 0.1) is 6.61 Å². The Hall–Kier alpha value is -2.77. The standard InChI is InChI=1S/C26H41N3O9/c1-14(2)11-16(23(35)29-24-21(33)20(32)19(31)18(13-30)37-24)27-22(34)17(12-15-9-7-6-8-10-15)28-25(36)38-26(3,4)5/h6-10,14,16-21,24,30-33H,11-13H2,1-5H3,(H,27,34)(H,28,36)(H,29,35)/t16-,17-,18+,19+,20-,21+,24+/m0/s1. The number of aliphatic hydroxyl groups excluding tert-OH is 4. The third-order valence-electron chi connectivity index (χ3n) is 5.81. The van der Waals surface area contributed by atoms with Gasteiger partial charge in [0.1, 0.15) is 42.1 Å². The van der Waals surface area contributed by atoms with E-state index >= 15 is 0 Å². The monoisotopic (exact) mass is 539 g/mol. The molecule has 0 aromatic heterocycles. The number of aliphatic hydroxyl groups is 4. The molecule has 7 N–H and O–H groups in total. The summed E-state index contributed by atoms with van der Waals surface area (Å²) in [4.78, 5) is 39.0. The van der Waals surface area contributed by atoms with Gasteiger partial charge >= 0.3 is 6.09 Å². The Morgan fingerprint density at radius 1 is 0.947 bits per heavy atom. The van der Waals surface area contributed by atoms with Gasteiger partial charge in [-0.1, -0.05) is 44.2 Å². The highest BCUT2D eigenvalue weighted by Crippen LogP contribution is 2.20. The van der Waals surface area contributed by atoms with Crippen LogP contribution in [-0.4, -0.2) is 93.3 Å². The van der Waals surface area contributed by atoms with Gasteiger partial charge in [-0.25, -0.2) is 4.79 Å². The minimum Gasteiger partial charge on any atom is -0.444 e. The van der Waals surface area contributed by atoms with Crippen molar-refractivity contribution in [3.05, 3.63) is 35.9 Å². The van der Waals surface area contributed by atoms with E-state index in [-0.39, 0.29) is 18.8 Å². The van der Waals surface area contributed by atoms with Gasteiger partial charge in [-0.3, -0.25) is 9.59 Å². The molecule has 38 heavy (non-hydrogen) atoms. The summed E-state index contributed by atoms with van der Waals surface area (Å²) in [5.74, 6) is -1.38. The maximum absolute atomic E-state index is 13.3. The first-order valence-electron chi connectivity index (χ1n) is 12.7. The van der Waals surface area contributed by atoms with E-state index in [2.05, 4.69) is 16.0 Å². The van der Waals surface area contributed by atoms with Crippen molar-refractivity contribution in [1.29, 1.82) is 0 Å². The second kappa shape index (κ2) is 13.9. The molecule has 12 heteroatoms. The molecule has 7 atom stereocenters. The first kappa shape index (κ1) is 31.4. The number of hydrogen-bond donors (Lipinski definition) is 7. The molecule has 0 bridgehead atoms. The maximum atomic E-state index is 13.3. The zero-order valence-electron chi connectivity index (χ0n) is 22.5. The fourth-order valence-electron chi connectivity index (χ4n) is 3.95. The summed E-state index contributed by atoms with van der Waals surface area (Å²) in [6.07, 6.45) is -8.01. The van der Waals surface area contributed by atoms with E-state index < -0.39 is 72.8 Å². The Bertz CT molecular complexity index is 920. The Balaban J connectivity index is 2.19. The van der Waals surface area contributed by atoms with Crippen LogP contribution in [-0.2, 0) is 25.5 Å². The Morgan fingerprint density at radius 2 is 1.58 bits per heavy atom. The van der Waals surface area contributed by atoms with Gasteiger partial charge in [0.15, 0.2) is 6.23 Å². The zero-order chi connectivity index (χ0) is 28.6. The molecule has 214 valence electrons. The van der Waals surface area contributed by atoms with Crippen molar-refractivity contribution in [3.63, 3.8) is 0 Å². The summed E-state index contributed by atoms with van der Waals surface area (Å²) in [5, 5.41) is 47.3. The molecule has 2 rings (SSSR count). The summed E-state index contributed by atoms with van der Waals surface area (Å²) in [6.45, 7) is 8.13. The number of alkyl carbamates (subject to hydrolysis) is 1. The van der Waals surface area contributed by atoms with Gasteiger partial charge in [-0.05, 0) is 38.7 Å². The van der Waals surface area contributed by atoms with E-state index in [1.54, 1.807) is 45.0 Å². The van der Waals surface area contributed by atoms with Gasteiger partial charge in [0.2, 0.25) is 11.8 Å². The van der Waals surface area contributed by atoms with Crippen LogP contribution in [0.25, 0.3) is 0 Å². The molecule has 1 aliphatic rings. The summed E-state index contributed by atoms with van der Waals surface area (Å²) >= 11 is 0. The lowest BCUT2D eigenvalue weighted by atomic mass is 9.97. The molecule has 0 spiro atoms. The van der Waals surface area contributed by atoms with Crippen molar-refractivity contribution in [2.24, 2.45) is 5.92 Å². The van der Waals surface area contributed by atoms with Crippen molar-refractivity contribution < 1.29 is 44.3 Å². The van der Waals surface area contributed by atoms with Crippen LogP contribution in [0.5, 0.6) is 0 Å². The van der Waals surface area contributed by atoms with E-state index in [9.17, 15) is 34.8 Å². The number of amides is 3. The number of benzene rings is 1. The molecule has 0 unspecified atom stereocenters. The van der Waals surface area contributed by atoms with E-state index in [0.717, 1.165) is 5.56 Å². The SMILES string of the molecule is CC(C)C[C@H](NC(=O)[C@H](Cc1ccccc1)NC(=O)OC(C)(C)C)C(=O)N[C@@H]1O[C@H](CO)[C@@H](O)[C@H](O)[C@H]1O. The molecule has 0 saturated carbocycles. The van der Waals surface area contributed by atoms with Crippen molar-refractivity contribution in [3.8, 4) is 0 Å². The number of rotatable bonds is 10. The summed E-state index contributed by atoms with van der Waals surface area (Å²) < 4.78 is 10.7. The van der Waals surface area contributed by atoms with Gasteiger partial charge < -0.3 is 45.9 Å². The molecular formula is C26H41N3O9. The van der Waals surface area contributed by atoms with Crippen LogP contribution in [0.15, 0.2) is 30.3 Å². The van der Waals surface area contributed by atoms with Gasteiger partial charge in [0.25, 0.3) is 0 Å². The van der Waals surface area contributed by atoms with Crippen LogP contribution in [0.4, 0.5) is 4.79 Å². The largest absolute Gasteiger partial charge is 0.444 e. The number of nitrogens with one attached hydrogen (secondary N) is 3. The first-order valence-corrected chi connectivity index (χ1v) is 12.7. The van der Waals surface area contributed by atoms with Crippen LogP contribution < -0.4 is 16.0 Å². The summed E-state index contributed by atoms with van der Waals surface area (Å²) in [5.41, 5.74) is -0.0153. The van der Waals surface area contributed by atoms with Gasteiger partial charge in [-0.2, -0.15) is 0 Å². The molecule has 1 saturated heterocycles. The second-order valence-corrected chi connectivity index (χ2v) is 10.8. The van der Waals surface area contributed by atoms with E-state index in [0.29, 0.717) is 0 Å². The van der Waals surface area contributed by atoms with Crippen molar-refractivity contribution in [2.75, 3.05) is 6.61 Å². The predicted molar refractivity (Wildman–Crippen MR) is 137 cm³/mol. The molecule has 3 amide bonds. The molecule has 12 nitrogen and oxygen atoms in total. The summed E-state index contributed by atoms with van der Waals surface area (Å²) in [6, 6.07) is 6.86. The lowest BCUT2D eigenvalue weighted by Crippen LogP contribution is -2.65. The minimum atomic E-state index is -1.67. The average molecular weight is 540 g/mol. The Labute approximate surface area is 222 Å². The van der Waals surface area contributed by atoms with Gasteiger partial charge in [0, 0.05) is 6.42 Å². The normalized spacial score (nSPS) is 25.3. The fraction of sp³-hybridized carbons (Fsp3) is 0.654. The topological polar surface area (TPSA) is 187 Å². The molecule has 1 aliphatic heterocycles. The summed E-state index contributed by atoms with van der Waals surface area (Å²) in [7, 11) is 0. The van der Waals surface area contributed by atoms with E-state index in [1.165, 1.54) is 0 Å². The number of carbonyl (C=O) groups is 3. The molecule has 1 fully saturated rings. The highest BCUT2D eigenvalue weighted by atomic mass is 16.6. The van der Waals surface area contributed by atoms with Crippen molar-refractivity contribution in [1.82, 2.24) is 16.0 Å². The number of hydrogen-bond acceptors (Lipinski definition) is 9. The van der Waals surface area contributed by atoms with Gasteiger partial charge in [-0.15, -0.1) is 0 Å². The van der Waals surface area contributed by atoms with Crippen molar-refractivity contribution >= 4 is 17.9 Å². The molecule has 1 aromatic carbocycles. The molecule has 1 aromatic rings. The Morgan fingerprint density at radius 3 is 2.13 bits per heavy atom. The molecule has 0 radical (unpaired) electrons. The van der Waals surface area contributed by atoms with Crippen LogP contribution >= 0.6 is 0 Å². The number of ether oxygens (including phenoxy) is 2. The van der Waals surface area contributed by atoms with E-state index in [4.69, 9.17) is 9.47 Å². The molecular weight excluding hydrogens is 498 g/mol. The quantitative estimate of drug-likeness (QED) is 0.207. The third kappa shape index (κ3) is 9.52. The lowest BCUT2D eigenvalue weighted by Gasteiger charge is -2.40. The predicted octanol–water partition coefficient (Wildman–Crippen LogP) is -0.431. The highest BCUT2D eigenvalue weighted by Gasteiger charge is 2.44. The fourth-order valence-corrected chi connectivity index (χ4v) is 3.95. The Kier molecular flexibility index (Phi) is 11.5.